The molecule has 0 amide bonds. The standard InChI is InChI=1S/C25H20FN11S/c1-12(21-16-5-4-14(26)8-18(16)37(33-21)15-9-31-35(2)10-15)36-24-20(23(27)29-11-30-24)22(34-36)13-3-6-19-17(7-13)32-25(28)38-19/h3-12H,1-2H3,(H2,28,32)(H2,27,29,30). The Hall–Kier alpha value is -4.91. The lowest BCUT2D eigenvalue weighted by atomic mass is 10.1. The van der Waals surface area contributed by atoms with Crippen LogP contribution in [0.4, 0.5) is 15.3 Å². The molecule has 38 heavy (non-hydrogen) atoms. The van der Waals surface area contributed by atoms with E-state index in [0.29, 0.717) is 38.9 Å². The highest BCUT2D eigenvalue weighted by Gasteiger charge is 2.25. The lowest BCUT2D eigenvalue weighted by Crippen LogP contribution is -2.11. The van der Waals surface area contributed by atoms with Gasteiger partial charge >= 0.3 is 0 Å². The second-order valence-electron chi connectivity index (χ2n) is 8.99. The number of hydrogen-bond donors (Lipinski definition) is 2. The number of nitrogens with zero attached hydrogens (tertiary/aromatic N) is 9. The predicted molar refractivity (Wildman–Crippen MR) is 144 cm³/mol. The third kappa shape index (κ3) is 3.32. The van der Waals surface area contributed by atoms with E-state index in [1.165, 1.54) is 29.8 Å². The lowest BCUT2D eigenvalue weighted by molar-refractivity contribution is 0.564. The Morgan fingerprint density at radius 1 is 1.05 bits per heavy atom. The molecule has 1 atom stereocenters. The molecule has 0 saturated carbocycles. The van der Waals surface area contributed by atoms with Gasteiger partial charge in [-0.2, -0.15) is 15.3 Å². The zero-order valence-electron chi connectivity index (χ0n) is 20.2. The molecule has 13 heteroatoms. The number of nitrogens with two attached hydrogens (primary N) is 2. The average Bonchev–Trinajstić information content (AvgIpc) is 3.66. The van der Waals surface area contributed by atoms with E-state index in [1.807, 2.05) is 38.4 Å². The smallest absolute Gasteiger partial charge is 0.181 e. The van der Waals surface area contributed by atoms with Gasteiger partial charge in [0.25, 0.3) is 0 Å². The molecular formula is C25H20FN11S. The first-order valence-electron chi connectivity index (χ1n) is 11.7. The first kappa shape index (κ1) is 22.3. The van der Waals surface area contributed by atoms with E-state index in [1.54, 1.807) is 26.3 Å². The highest BCUT2D eigenvalue weighted by Crippen LogP contribution is 2.36. The average molecular weight is 526 g/mol. The molecule has 2 aromatic carbocycles. The number of hydrogen-bond acceptors (Lipinski definition) is 9. The minimum absolute atomic E-state index is 0.314. The summed E-state index contributed by atoms with van der Waals surface area (Å²) in [5, 5.41) is 16.0. The van der Waals surface area contributed by atoms with Crippen molar-refractivity contribution >= 4 is 54.4 Å². The van der Waals surface area contributed by atoms with E-state index in [0.717, 1.165) is 26.9 Å². The van der Waals surface area contributed by atoms with Crippen molar-refractivity contribution in [1.82, 2.24) is 44.3 Å². The number of rotatable bonds is 4. The monoisotopic (exact) mass is 525 g/mol. The Morgan fingerprint density at radius 2 is 1.92 bits per heavy atom. The van der Waals surface area contributed by atoms with Gasteiger partial charge in [0, 0.05) is 24.1 Å². The van der Waals surface area contributed by atoms with E-state index in [2.05, 4.69) is 20.1 Å². The summed E-state index contributed by atoms with van der Waals surface area (Å²) >= 11 is 1.42. The molecule has 0 aliphatic rings. The van der Waals surface area contributed by atoms with Gasteiger partial charge in [0.05, 0.1) is 45.2 Å². The summed E-state index contributed by atoms with van der Waals surface area (Å²) in [6, 6.07) is 10.1. The number of thiazole rings is 1. The number of fused-ring (bicyclic) bond motifs is 3. The van der Waals surface area contributed by atoms with E-state index < -0.39 is 0 Å². The fourth-order valence-corrected chi connectivity index (χ4v) is 5.53. The van der Waals surface area contributed by atoms with Crippen LogP contribution in [-0.2, 0) is 7.05 Å². The summed E-state index contributed by atoms with van der Waals surface area (Å²) in [5.74, 6) is -0.0405. The summed E-state index contributed by atoms with van der Waals surface area (Å²) < 4.78 is 20.4. The van der Waals surface area contributed by atoms with Gasteiger partial charge in [0.15, 0.2) is 10.8 Å². The molecule has 0 spiro atoms. The van der Waals surface area contributed by atoms with Crippen molar-refractivity contribution in [1.29, 1.82) is 0 Å². The van der Waals surface area contributed by atoms with Gasteiger partial charge in [-0.05, 0) is 31.2 Å². The number of nitrogen functional groups attached to an aromatic ring is 2. The van der Waals surface area contributed by atoms with Gasteiger partial charge in [-0.3, -0.25) is 4.68 Å². The molecule has 0 saturated heterocycles. The Kier molecular flexibility index (Phi) is 4.72. The predicted octanol–water partition coefficient (Wildman–Crippen LogP) is 4.09. The minimum atomic E-state index is -0.384. The summed E-state index contributed by atoms with van der Waals surface area (Å²) in [5.41, 5.74) is 17.1. The van der Waals surface area contributed by atoms with Crippen LogP contribution >= 0.6 is 11.3 Å². The van der Waals surface area contributed by atoms with E-state index in [4.69, 9.17) is 21.7 Å². The van der Waals surface area contributed by atoms with Crippen LogP contribution in [0.25, 0.3) is 49.1 Å². The van der Waals surface area contributed by atoms with Crippen LogP contribution < -0.4 is 11.5 Å². The zero-order valence-corrected chi connectivity index (χ0v) is 21.1. The molecule has 0 bridgehead atoms. The Morgan fingerprint density at radius 3 is 2.74 bits per heavy atom. The minimum Gasteiger partial charge on any atom is -0.383 e. The zero-order chi connectivity index (χ0) is 26.1. The quantitative estimate of drug-likeness (QED) is 0.350. The largest absolute Gasteiger partial charge is 0.383 e. The summed E-state index contributed by atoms with van der Waals surface area (Å²) in [7, 11) is 1.82. The van der Waals surface area contributed by atoms with Crippen molar-refractivity contribution in [2.24, 2.45) is 7.05 Å². The van der Waals surface area contributed by atoms with Crippen molar-refractivity contribution in [3.05, 3.63) is 66.6 Å². The van der Waals surface area contributed by atoms with E-state index in [9.17, 15) is 4.39 Å². The molecule has 0 fully saturated rings. The van der Waals surface area contributed by atoms with Gasteiger partial charge in [-0.15, -0.1) is 0 Å². The molecule has 7 aromatic rings. The summed E-state index contributed by atoms with van der Waals surface area (Å²) in [6.07, 6.45) is 4.92. The lowest BCUT2D eigenvalue weighted by Gasteiger charge is -2.11. The topological polar surface area (TPSA) is 144 Å². The fraction of sp³-hybridized carbons (Fsp3) is 0.120. The maximum Gasteiger partial charge on any atom is 0.181 e. The van der Waals surface area contributed by atoms with Gasteiger partial charge < -0.3 is 11.5 Å². The van der Waals surface area contributed by atoms with Crippen LogP contribution in [0, 0.1) is 5.82 Å². The van der Waals surface area contributed by atoms with Crippen LogP contribution in [0.1, 0.15) is 18.7 Å². The molecule has 4 N–H and O–H groups in total. The Bertz CT molecular complexity index is 2010. The van der Waals surface area contributed by atoms with Crippen LogP contribution in [-0.4, -0.2) is 44.3 Å². The number of aromatic nitrogens is 9. The molecule has 0 aliphatic carbocycles. The molecule has 5 heterocycles. The third-order valence-electron chi connectivity index (χ3n) is 6.57. The van der Waals surface area contributed by atoms with E-state index >= 15 is 0 Å². The molecule has 7 rings (SSSR count). The molecule has 5 aromatic heterocycles. The number of aryl methyl sites for hydroxylation is 1. The van der Waals surface area contributed by atoms with Crippen LogP contribution in [0.15, 0.2) is 55.1 Å². The molecule has 0 radical (unpaired) electrons. The summed E-state index contributed by atoms with van der Waals surface area (Å²) in [4.78, 5) is 13.2. The molecule has 11 nitrogen and oxygen atoms in total. The molecule has 1 unspecified atom stereocenters. The first-order chi connectivity index (χ1) is 18.4. The second kappa shape index (κ2) is 8.05. The molecule has 0 aliphatic heterocycles. The Balaban J connectivity index is 1.44. The van der Waals surface area contributed by atoms with Gasteiger partial charge in [-0.25, -0.2) is 28.7 Å². The van der Waals surface area contributed by atoms with Crippen molar-refractivity contribution < 1.29 is 4.39 Å². The third-order valence-corrected chi connectivity index (χ3v) is 7.43. The maximum absolute atomic E-state index is 14.3. The van der Waals surface area contributed by atoms with Gasteiger partial charge in [-0.1, -0.05) is 17.4 Å². The molecule has 188 valence electrons. The number of benzene rings is 2. The fourth-order valence-electron chi connectivity index (χ4n) is 4.81. The molecular weight excluding hydrogens is 505 g/mol. The first-order valence-corrected chi connectivity index (χ1v) is 12.5. The Labute approximate surface area is 218 Å². The normalized spacial score (nSPS) is 12.7. The number of halogens is 1. The van der Waals surface area contributed by atoms with Crippen molar-refractivity contribution in [3.8, 4) is 16.9 Å². The maximum atomic E-state index is 14.3. The van der Waals surface area contributed by atoms with Crippen LogP contribution in [0.5, 0.6) is 0 Å². The van der Waals surface area contributed by atoms with E-state index in [-0.39, 0.29) is 11.9 Å². The highest BCUT2D eigenvalue weighted by atomic mass is 32.1. The van der Waals surface area contributed by atoms with Crippen molar-refractivity contribution in [2.75, 3.05) is 11.5 Å². The number of anilines is 2. The van der Waals surface area contributed by atoms with Crippen LogP contribution in [0.3, 0.4) is 0 Å². The van der Waals surface area contributed by atoms with Gasteiger partial charge in [0.1, 0.15) is 29.3 Å². The van der Waals surface area contributed by atoms with Crippen LogP contribution in [0.2, 0.25) is 0 Å². The second-order valence-corrected chi connectivity index (χ2v) is 10.1. The van der Waals surface area contributed by atoms with Crippen molar-refractivity contribution in [2.45, 2.75) is 13.0 Å². The van der Waals surface area contributed by atoms with Gasteiger partial charge in [0.2, 0.25) is 0 Å². The van der Waals surface area contributed by atoms with Crippen molar-refractivity contribution in [3.63, 3.8) is 0 Å². The summed E-state index contributed by atoms with van der Waals surface area (Å²) in [6.45, 7) is 1.97. The highest BCUT2D eigenvalue weighted by molar-refractivity contribution is 7.22. The SMILES string of the molecule is CC(c1nn(-c2cnn(C)c2)c2cc(F)ccc12)n1nc(-c2ccc3sc(N)nc3c2)c2c(N)ncnc21.